The highest BCUT2D eigenvalue weighted by molar-refractivity contribution is 9.10. The van der Waals surface area contributed by atoms with Crippen molar-refractivity contribution in [1.29, 1.82) is 0 Å². The Kier molecular flexibility index (Phi) is 7.42. The molecule has 0 aliphatic heterocycles. The largest absolute Gasteiger partial charge is 0.352 e. The Bertz CT molecular complexity index is 833. The fraction of sp³-hybridized carbons (Fsp3) is 0.391. The van der Waals surface area contributed by atoms with Gasteiger partial charge in [-0.25, -0.2) is 4.39 Å². The van der Waals surface area contributed by atoms with E-state index in [-0.39, 0.29) is 30.1 Å². The molecule has 4 nitrogen and oxygen atoms in total. The highest BCUT2D eigenvalue weighted by Gasteiger charge is 2.28. The molecule has 0 radical (unpaired) electrons. The second kappa shape index (κ2) is 10.0. The lowest BCUT2D eigenvalue weighted by Crippen LogP contribution is -2.50. The van der Waals surface area contributed by atoms with E-state index in [0.717, 1.165) is 41.3 Å². The van der Waals surface area contributed by atoms with Crippen LogP contribution in [0.4, 0.5) is 4.39 Å². The van der Waals surface area contributed by atoms with Crippen LogP contribution < -0.4 is 5.32 Å². The van der Waals surface area contributed by atoms with Gasteiger partial charge in [0.2, 0.25) is 11.8 Å². The summed E-state index contributed by atoms with van der Waals surface area (Å²) in [4.78, 5) is 27.5. The zero-order valence-electron chi connectivity index (χ0n) is 16.5. The second-order valence-electron chi connectivity index (χ2n) is 7.62. The van der Waals surface area contributed by atoms with Gasteiger partial charge in [-0.15, -0.1) is 0 Å². The lowest BCUT2D eigenvalue weighted by Gasteiger charge is -2.30. The standard InChI is InChI=1S/C23H26BrFN2O2/c1-16(23(29)26-21-4-2-3-5-21)27(15-18-6-10-19(24)11-7-18)22(28)14-17-8-12-20(25)13-9-17/h6-13,16,21H,2-5,14-15H2,1H3,(H,26,29)/t16-/m0/s1. The SMILES string of the molecule is C[C@@H](C(=O)NC1CCCC1)N(Cc1ccc(Br)cc1)C(=O)Cc1ccc(F)cc1. The number of nitrogens with one attached hydrogen (secondary N) is 1. The topological polar surface area (TPSA) is 49.4 Å². The Morgan fingerprint density at radius 3 is 2.28 bits per heavy atom. The van der Waals surface area contributed by atoms with Gasteiger partial charge in [0.25, 0.3) is 0 Å². The molecule has 0 spiro atoms. The lowest BCUT2D eigenvalue weighted by atomic mass is 10.1. The average Bonchev–Trinajstić information content (AvgIpc) is 3.21. The number of hydrogen-bond acceptors (Lipinski definition) is 2. The number of rotatable bonds is 7. The minimum absolute atomic E-state index is 0.123. The molecule has 1 fully saturated rings. The van der Waals surface area contributed by atoms with Crippen LogP contribution >= 0.6 is 15.9 Å². The lowest BCUT2D eigenvalue weighted by molar-refractivity contribution is -0.140. The fourth-order valence-electron chi connectivity index (χ4n) is 3.64. The van der Waals surface area contributed by atoms with Crippen LogP contribution in [0.1, 0.15) is 43.7 Å². The Morgan fingerprint density at radius 2 is 1.66 bits per heavy atom. The van der Waals surface area contributed by atoms with Crippen LogP contribution in [0.15, 0.2) is 53.0 Å². The molecule has 0 heterocycles. The van der Waals surface area contributed by atoms with Crippen LogP contribution in [0.2, 0.25) is 0 Å². The first-order valence-electron chi connectivity index (χ1n) is 10.0. The van der Waals surface area contributed by atoms with E-state index in [0.29, 0.717) is 6.54 Å². The quantitative estimate of drug-likeness (QED) is 0.655. The minimum Gasteiger partial charge on any atom is -0.352 e. The van der Waals surface area contributed by atoms with E-state index >= 15 is 0 Å². The van der Waals surface area contributed by atoms with Gasteiger partial charge in [0.05, 0.1) is 6.42 Å². The van der Waals surface area contributed by atoms with Crippen molar-refractivity contribution in [3.63, 3.8) is 0 Å². The third-order valence-electron chi connectivity index (χ3n) is 5.40. The van der Waals surface area contributed by atoms with Crippen LogP contribution in [-0.4, -0.2) is 28.8 Å². The molecular weight excluding hydrogens is 435 g/mol. The number of halogens is 2. The molecule has 0 unspecified atom stereocenters. The zero-order chi connectivity index (χ0) is 20.8. The predicted octanol–water partition coefficient (Wildman–Crippen LogP) is 4.61. The molecule has 2 aromatic rings. The third kappa shape index (κ3) is 6.13. The summed E-state index contributed by atoms with van der Waals surface area (Å²) in [7, 11) is 0. The Hall–Kier alpha value is -2.21. The highest BCUT2D eigenvalue weighted by atomic mass is 79.9. The molecule has 1 N–H and O–H groups in total. The molecule has 1 aliphatic rings. The van der Waals surface area contributed by atoms with Gasteiger partial charge in [0.15, 0.2) is 0 Å². The van der Waals surface area contributed by atoms with E-state index in [1.807, 2.05) is 24.3 Å². The maximum atomic E-state index is 13.2. The van der Waals surface area contributed by atoms with Gasteiger partial charge in [0, 0.05) is 17.1 Å². The van der Waals surface area contributed by atoms with E-state index < -0.39 is 6.04 Å². The molecule has 154 valence electrons. The van der Waals surface area contributed by atoms with Gasteiger partial charge < -0.3 is 10.2 Å². The zero-order valence-corrected chi connectivity index (χ0v) is 18.1. The van der Waals surface area contributed by atoms with E-state index in [1.54, 1.807) is 24.0 Å². The van der Waals surface area contributed by atoms with Gasteiger partial charge in [0.1, 0.15) is 11.9 Å². The molecular formula is C23H26BrFN2O2. The Balaban J connectivity index is 1.75. The number of amides is 2. The molecule has 0 aromatic heterocycles. The van der Waals surface area contributed by atoms with Crippen LogP contribution in [0.25, 0.3) is 0 Å². The van der Waals surface area contributed by atoms with Gasteiger partial charge in [-0.1, -0.05) is 53.0 Å². The van der Waals surface area contributed by atoms with Crippen molar-refractivity contribution in [3.05, 3.63) is 69.9 Å². The molecule has 3 rings (SSSR count). The predicted molar refractivity (Wildman–Crippen MR) is 115 cm³/mol. The van der Waals surface area contributed by atoms with Gasteiger partial charge in [-0.2, -0.15) is 0 Å². The van der Waals surface area contributed by atoms with Crippen molar-refractivity contribution >= 4 is 27.7 Å². The first kappa shape index (κ1) is 21.5. The van der Waals surface area contributed by atoms with E-state index in [4.69, 9.17) is 0 Å². The van der Waals surface area contributed by atoms with E-state index in [9.17, 15) is 14.0 Å². The summed E-state index contributed by atoms with van der Waals surface area (Å²) in [5, 5.41) is 3.09. The number of hydrogen-bond donors (Lipinski definition) is 1. The summed E-state index contributed by atoms with van der Waals surface area (Å²) in [5.74, 6) is -0.618. The molecule has 2 aromatic carbocycles. The minimum atomic E-state index is -0.591. The van der Waals surface area contributed by atoms with Crippen molar-refractivity contribution < 1.29 is 14.0 Å². The van der Waals surface area contributed by atoms with E-state index in [1.165, 1.54) is 12.1 Å². The highest BCUT2D eigenvalue weighted by Crippen LogP contribution is 2.19. The summed E-state index contributed by atoms with van der Waals surface area (Å²) in [6, 6.07) is 13.2. The van der Waals surface area contributed by atoms with Crippen LogP contribution in [-0.2, 0) is 22.6 Å². The summed E-state index contributed by atoms with van der Waals surface area (Å²) in [6.07, 6.45) is 4.37. The number of carbonyl (C=O) groups is 2. The molecule has 1 saturated carbocycles. The smallest absolute Gasteiger partial charge is 0.242 e. The van der Waals surface area contributed by atoms with Crippen molar-refractivity contribution in [2.75, 3.05) is 0 Å². The maximum Gasteiger partial charge on any atom is 0.242 e. The summed E-state index contributed by atoms with van der Waals surface area (Å²) < 4.78 is 14.1. The second-order valence-corrected chi connectivity index (χ2v) is 8.53. The Labute approximate surface area is 179 Å². The number of benzene rings is 2. The first-order valence-corrected chi connectivity index (χ1v) is 10.8. The number of carbonyl (C=O) groups excluding carboxylic acids is 2. The van der Waals surface area contributed by atoms with Crippen molar-refractivity contribution in [3.8, 4) is 0 Å². The summed E-state index contributed by atoms with van der Waals surface area (Å²) in [5.41, 5.74) is 1.67. The molecule has 2 amide bonds. The van der Waals surface area contributed by atoms with Crippen molar-refractivity contribution in [2.45, 2.75) is 57.7 Å². The molecule has 1 aliphatic carbocycles. The molecule has 0 saturated heterocycles. The molecule has 6 heteroatoms. The van der Waals surface area contributed by atoms with Gasteiger partial charge in [-0.3, -0.25) is 9.59 Å². The average molecular weight is 461 g/mol. The third-order valence-corrected chi connectivity index (χ3v) is 5.93. The van der Waals surface area contributed by atoms with Crippen molar-refractivity contribution in [1.82, 2.24) is 10.2 Å². The molecule has 1 atom stereocenters. The van der Waals surface area contributed by atoms with Crippen LogP contribution in [0.5, 0.6) is 0 Å². The Morgan fingerprint density at radius 1 is 1.07 bits per heavy atom. The maximum absolute atomic E-state index is 13.2. The van der Waals surface area contributed by atoms with Crippen LogP contribution in [0.3, 0.4) is 0 Å². The number of nitrogens with zero attached hydrogens (tertiary/aromatic N) is 1. The van der Waals surface area contributed by atoms with Crippen LogP contribution in [0, 0.1) is 5.82 Å². The first-order chi connectivity index (χ1) is 13.9. The van der Waals surface area contributed by atoms with Gasteiger partial charge >= 0.3 is 0 Å². The summed E-state index contributed by atoms with van der Waals surface area (Å²) >= 11 is 3.42. The van der Waals surface area contributed by atoms with E-state index in [2.05, 4.69) is 21.2 Å². The fourth-order valence-corrected chi connectivity index (χ4v) is 3.90. The molecule has 0 bridgehead atoms. The summed E-state index contributed by atoms with van der Waals surface area (Å²) in [6.45, 7) is 2.11. The monoisotopic (exact) mass is 460 g/mol. The van der Waals surface area contributed by atoms with Crippen molar-refractivity contribution in [2.24, 2.45) is 0 Å². The normalized spacial score (nSPS) is 15.1. The van der Waals surface area contributed by atoms with Gasteiger partial charge in [-0.05, 0) is 55.2 Å². The molecule has 29 heavy (non-hydrogen) atoms.